The molecule has 0 spiro atoms. The van der Waals surface area contributed by atoms with Crippen molar-refractivity contribution < 1.29 is 14.3 Å². The highest BCUT2D eigenvalue weighted by molar-refractivity contribution is 6.31. The zero-order valence-electron chi connectivity index (χ0n) is 19.2. The summed E-state index contributed by atoms with van der Waals surface area (Å²) >= 11 is 5.84. The fraction of sp³-hybridized carbons (Fsp3) is 0.458. The van der Waals surface area contributed by atoms with E-state index < -0.39 is 17.3 Å². The van der Waals surface area contributed by atoms with Crippen molar-refractivity contribution in [3.05, 3.63) is 52.1 Å². The zero-order chi connectivity index (χ0) is 24.6. The molecule has 2 atom stereocenters. The number of amides is 1. The molecular formula is C24H30ClFN6O2. The van der Waals surface area contributed by atoms with Gasteiger partial charge in [0.2, 0.25) is 0 Å². The van der Waals surface area contributed by atoms with Crippen LogP contribution in [0.3, 0.4) is 0 Å². The largest absolute Gasteiger partial charge is 0.386 e. The quantitative estimate of drug-likeness (QED) is 0.378. The molecule has 6 N–H and O–H groups in total. The van der Waals surface area contributed by atoms with Gasteiger partial charge in [0.05, 0.1) is 10.7 Å². The van der Waals surface area contributed by atoms with Gasteiger partial charge in [-0.15, -0.1) is 0 Å². The minimum absolute atomic E-state index is 0.0370. The Hall–Kier alpha value is -2.91. The van der Waals surface area contributed by atoms with Crippen LogP contribution >= 0.6 is 11.6 Å². The van der Waals surface area contributed by atoms with Gasteiger partial charge in [-0.1, -0.05) is 11.6 Å². The predicted octanol–water partition coefficient (Wildman–Crippen LogP) is 3.82. The second-order valence-corrected chi connectivity index (χ2v) is 9.66. The van der Waals surface area contributed by atoms with Crippen LogP contribution in [-0.4, -0.2) is 39.2 Å². The average Bonchev–Trinajstić information content (AvgIpc) is 3.40. The van der Waals surface area contributed by atoms with Crippen LogP contribution in [0.1, 0.15) is 54.6 Å². The number of likely N-dealkylation sites (N-methyl/N-ethyl adjacent to an activating group) is 1. The molecule has 0 aliphatic heterocycles. The fourth-order valence-electron chi connectivity index (χ4n) is 5.60. The second-order valence-electron chi connectivity index (χ2n) is 9.26. The third-order valence-electron chi connectivity index (χ3n) is 7.07. The van der Waals surface area contributed by atoms with Gasteiger partial charge in [0.15, 0.2) is 0 Å². The predicted molar refractivity (Wildman–Crippen MR) is 131 cm³/mol. The summed E-state index contributed by atoms with van der Waals surface area (Å²) in [5.74, 6) is -0.130. The normalized spacial score (nSPS) is 26.4. The standard InChI is InChI=1S/C24H30ClFN6O2/c1-3-29-19(6-7-27)24(34)11-14-8-13(9-15(14)12-24)21-20(22(28)32(2)31-21)23(33)30-16-4-5-18(26)17(25)10-16/h4-7,10,13-15,27,29,34H,3,8-9,11-12,28H2,1-2H3,(H,30,33)/b19-6-,27-7?. The van der Waals surface area contributed by atoms with E-state index in [1.165, 1.54) is 29.1 Å². The van der Waals surface area contributed by atoms with E-state index in [0.29, 0.717) is 42.0 Å². The molecule has 10 heteroatoms. The van der Waals surface area contributed by atoms with Crippen molar-refractivity contribution in [3.63, 3.8) is 0 Å². The molecule has 2 aliphatic rings. The lowest BCUT2D eigenvalue weighted by molar-refractivity contribution is 0.0690. The highest BCUT2D eigenvalue weighted by atomic mass is 35.5. The summed E-state index contributed by atoms with van der Waals surface area (Å²) < 4.78 is 15.0. The van der Waals surface area contributed by atoms with E-state index >= 15 is 0 Å². The van der Waals surface area contributed by atoms with Crippen molar-refractivity contribution in [1.82, 2.24) is 15.1 Å². The van der Waals surface area contributed by atoms with Crippen molar-refractivity contribution in [2.24, 2.45) is 18.9 Å². The van der Waals surface area contributed by atoms with Gasteiger partial charge in [-0.05, 0) is 68.7 Å². The Morgan fingerprint density at radius 1 is 1.41 bits per heavy atom. The summed E-state index contributed by atoms with van der Waals surface area (Å²) in [7, 11) is 1.70. The lowest BCUT2D eigenvalue weighted by Crippen LogP contribution is -2.36. The monoisotopic (exact) mass is 488 g/mol. The van der Waals surface area contributed by atoms with E-state index in [4.69, 9.17) is 22.7 Å². The number of aliphatic hydroxyl groups is 1. The summed E-state index contributed by atoms with van der Waals surface area (Å²) in [6.07, 6.45) is 5.60. The van der Waals surface area contributed by atoms with E-state index in [2.05, 4.69) is 15.7 Å². The number of halogens is 2. The number of hydrogen-bond donors (Lipinski definition) is 5. The van der Waals surface area contributed by atoms with Gasteiger partial charge >= 0.3 is 0 Å². The van der Waals surface area contributed by atoms with Crippen LogP contribution in [0.2, 0.25) is 5.02 Å². The molecule has 34 heavy (non-hydrogen) atoms. The van der Waals surface area contributed by atoms with E-state index in [9.17, 15) is 14.3 Å². The maximum atomic E-state index is 13.5. The maximum Gasteiger partial charge on any atom is 0.261 e. The summed E-state index contributed by atoms with van der Waals surface area (Å²) in [5, 5.41) is 29.2. The zero-order valence-corrected chi connectivity index (χ0v) is 20.0. The highest BCUT2D eigenvalue weighted by Crippen LogP contribution is 2.55. The topological polar surface area (TPSA) is 129 Å². The molecule has 2 fully saturated rings. The van der Waals surface area contributed by atoms with Gasteiger partial charge in [0.25, 0.3) is 5.91 Å². The Morgan fingerprint density at radius 2 is 2.09 bits per heavy atom. The Morgan fingerprint density at radius 3 is 2.68 bits per heavy atom. The number of hydrogen-bond acceptors (Lipinski definition) is 6. The molecule has 2 unspecified atom stereocenters. The minimum atomic E-state index is -0.973. The minimum Gasteiger partial charge on any atom is -0.386 e. The van der Waals surface area contributed by atoms with Crippen LogP contribution < -0.4 is 16.4 Å². The van der Waals surface area contributed by atoms with Crippen LogP contribution in [0.25, 0.3) is 0 Å². The number of anilines is 2. The number of nitrogens with two attached hydrogens (primary N) is 1. The molecule has 1 aromatic carbocycles. The molecule has 0 saturated heterocycles. The Balaban J connectivity index is 1.53. The average molecular weight is 489 g/mol. The number of benzene rings is 1. The number of nitrogen functional groups attached to an aromatic ring is 1. The maximum absolute atomic E-state index is 13.5. The van der Waals surface area contributed by atoms with E-state index in [1.807, 2.05) is 6.92 Å². The van der Waals surface area contributed by atoms with E-state index in [1.54, 1.807) is 13.1 Å². The van der Waals surface area contributed by atoms with Gasteiger partial charge in [-0.25, -0.2) is 4.39 Å². The molecule has 0 radical (unpaired) electrons. The Labute approximate surface area is 202 Å². The van der Waals surface area contributed by atoms with Crippen LogP contribution in [0.15, 0.2) is 30.0 Å². The number of aromatic nitrogens is 2. The molecule has 8 nitrogen and oxygen atoms in total. The fourth-order valence-corrected chi connectivity index (χ4v) is 5.78. The molecule has 4 rings (SSSR count). The third kappa shape index (κ3) is 4.42. The molecule has 1 aromatic heterocycles. The number of fused-ring (bicyclic) bond motifs is 1. The Kier molecular flexibility index (Phi) is 6.69. The molecule has 1 amide bonds. The summed E-state index contributed by atoms with van der Waals surface area (Å²) in [6, 6.07) is 3.99. The SMILES string of the molecule is CCN/C(=C\C=N)C1(O)CC2CC(c3nn(C)c(N)c3C(=O)Nc3ccc(F)c(Cl)c3)CC2C1. The first-order chi connectivity index (χ1) is 16.2. The molecule has 2 aromatic rings. The molecule has 182 valence electrons. The van der Waals surface area contributed by atoms with E-state index in [-0.39, 0.29) is 28.6 Å². The lowest BCUT2D eigenvalue weighted by Gasteiger charge is -2.28. The third-order valence-corrected chi connectivity index (χ3v) is 7.36. The molecule has 2 aliphatic carbocycles. The molecule has 1 heterocycles. The summed E-state index contributed by atoms with van der Waals surface area (Å²) in [4.78, 5) is 13.1. The number of carbonyl (C=O) groups excluding carboxylic acids is 1. The number of nitrogens with zero attached hydrogens (tertiary/aromatic N) is 2. The summed E-state index contributed by atoms with van der Waals surface area (Å²) in [5.41, 5.74) is 7.27. The number of aryl methyl sites for hydroxylation is 1. The van der Waals surface area contributed by atoms with Crippen molar-refractivity contribution in [2.75, 3.05) is 17.6 Å². The number of nitrogens with one attached hydrogen (secondary N) is 3. The van der Waals surface area contributed by atoms with E-state index in [0.717, 1.165) is 12.8 Å². The van der Waals surface area contributed by atoms with Crippen LogP contribution in [0.5, 0.6) is 0 Å². The first-order valence-corrected chi connectivity index (χ1v) is 11.8. The highest BCUT2D eigenvalue weighted by Gasteiger charge is 2.51. The van der Waals surface area contributed by atoms with Gasteiger partial charge in [0.1, 0.15) is 22.8 Å². The number of rotatable bonds is 7. The molecule has 2 saturated carbocycles. The van der Waals surface area contributed by atoms with Crippen molar-refractivity contribution in [3.8, 4) is 0 Å². The van der Waals surface area contributed by atoms with Crippen molar-refractivity contribution in [2.45, 2.75) is 44.1 Å². The van der Waals surface area contributed by atoms with Crippen molar-refractivity contribution in [1.29, 1.82) is 5.41 Å². The van der Waals surface area contributed by atoms with Crippen LogP contribution in [0, 0.1) is 23.1 Å². The van der Waals surface area contributed by atoms with Gasteiger partial charge in [-0.2, -0.15) is 5.10 Å². The van der Waals surface area contributed by atoms with Gasteiger partial charge in [0, 0.05) is 37.1 Å². The first-order valence-electron chi connectivity index (χ1n) is 11.4. The van der Waals surface area contributed by atoms with Crippen LogP contribution in [-0.2, 0) is 7.05 Å². The lowest BCUT2D eigenvalue weighted by atomic mass is 9.89. The van der Waals surface area contributed by atoms with Crippen molar-refractivity contribution >= 4 is 35.2 Å². The Bertz CT molecular complexity index is 1130. The van der Waals surface area contributed by atoms with Gasteiger partial charge < -0.3 is 26.9 Å². The molecule has 0 bridgehead atoms. The first kappa shape index (κ1) is 24.2. The molecular weight excluding hydrogens is 459 g/mol. The number of allylic oxidation sites excluding steroid dienone is 1. The number of carbonyl (C=O) groups is 1. The smallest absolute Gasteiger partial charge is 0.261 e. The summed E-state index contributed by atoms with van der Waals surface area (Å²) in [6.45, 7) is 2.63. The van der Waals surface area contributed by atoms with Gasteiger partial charge in [-0.3, -0.25) is 9.48 Å². The second kappa shape index (κ2) is 9.38. The van der Waals surface area contributed by atoms with Crippen LogP contribution in [0.4, 0.5) is 15.9 Å².